The maximum atomic E-state index is 12.2. The van der Waals surface area contributed by atoms with Gasteiger partial charge in [-0.2, -0.15) is 0 Å². The van der Waals surface area contributed by atoms with E-state index in [1.165, 1.54) is 12.1 Å². The zero-order valence-corrected chi connectivity index (χ0v) is 12.2. The highest BCUT2D eigenvalue weighted by atomic mass is 16.6. The van der Waals surface area contributed by atoms with Gasteiger partial charge in [0.05, 0.1) is 17.6 Å². The Morgan fingerprint density at radius 3 is 2.76 bits per heavy atom. The zero-order chi connectivity index (χ0) is 15.2. The first-order valence-electron chi connectivity index (χ1n) is 7.21. The molecule has 0 atom stereocenters. The third kappa shape index (κ3) is 4.34. The highest BCUT2D eigenvalue weighted by molar-refractivity contribution is 5.98. The summed E-state index contributed by atoms with van der Waals surface area (Å²) in [6, 6.07) is 5.91. The highest BCUT2D eigenvalue weighted by Gasteiger charge is 2.21. The highest BCUT2D eigenvalue weighted by Crippen LogP contribution is 2.16. The Balaban J connectivity index is 1.90. The van der Waals surface area contributed by atoms with Crippen LogP contribution in [0.5, 0.6) is 0 Å². The Hall–Kier alpha value is -1.79. The number of benzene rings is 1. The second kappa shape index (κ2) is 7.28. The van der Waals surface area contributed by atoms with Gasteiger partial charge in [-0.15, -0.1) is 0 Å². The van der Waals surface area contributed by atoms with Gasteiger partial charge >= 0.3 is 0 Å². The molecular weight excluding hydrogens is 272 g/mol. The summed E-state index contributed by atoms with van der Waals surface area (Å²) in [5.41, 5.74) is 0.354. The van der Waals surface area contributed by atoms with Crippen molar-refractivity contribution >= 4 is 11.5 Å². The van der Waals surface area contributed by atoms with Crippen LogP contribution in [-0.2, 0) is 4.74 Å². The minimum Gasteiger partial charge on any atom is -0.378 e. The Morgan fingerprint density at radius 2 is 2.14 bits per heavy atom. The van der Waals surface area contributed by atoms with Gasteiger partial charge in [0.25, 0.3) is 5.69 Å². The second-order valence-corrected chi connectivity index (χ2v) is 5.16. The van der Waals surface area contributed by atoms with E-state index in [9.17, 15) is 14.9 Å². The molecule has 6 heteroatoms. The fraction of sp³-hybridized carbons (Fsp3) is 0.533. The minimum atomic E-state index is -0.482. The number of nitro groups is 1. The monoisotopic (exact) mass is 292 g/mol. The van der Waals surface area contributed by atoms with E-state index >= 15 is 0 Å². The first-order valence-corrected chi connectivity index (χ1v) is 7.21. The van der Waals surface area contributed by atoms with E-state index < -0.39 is 4.92 Å². The van der Waals surface area contributed by atoms with Crippen LogP contribution in [0.4, 0.5) is 5.69 Å². The molecule has 21 heavy (non-hydrogen) atoms. The number of hydrogen-bond acceptors (Lipinski definition) is 5. The summed E-state index contributed by atoms with van der Waals surface area (Å²) < 4.78 is 5.58. The van der Waals surface area contributed by atoms with Gasteiger partial charge < -0.3 is 4.74 Å². The number of carbonyl (C=O) groups excluding carboxylic acids is 1. The van der Waals surface area contributed by atoms with E-state index in [1.54, 1.807) is 12.1 Å². The zero-order valence-electron chi connectivity index (χ0n) is 12.2. The SMILES string of the molecule is CCOC1CCN(CC(=O)c2cccc([N+](=O)[O-])c2)CC1. The molecule has 114 valence electrons. The van der Waals surface area contributed by atoms with Crippen LogP contribution in [0.2, 0.25) is 0 Å². The lowest BCUT2D eigenvalue weighted by molar-refractivity contribution is -0.384. The van der Waals surface area contributed by atoms with Crippen LogP contribution in [0, 0.1) is 10.1 Å². The van der Waals surface area contributed by atoms with E-state index in [-0.39, 0.29) is 11.5 Å². The number of non-ortho nitro benzene ring substituents is 1. The number of ether oxygens (including phenoxy) is 1. The standard InChI is InChI=1S/C15H20N2O4/c1-2-21-14-6-8-16(9-7-14)11-15(18)12-4-3-5-13(10-12)17(19)20/h3-5,10,14H,2,6-9,11H2,1H3. The third-order valence-electron chi connectivity index (χ3n) is 3.68. The van der Waals surface area contributed by atoms with Crippen molar-refractivity contribution in [1.82, 2.24) is 4.90 Å². The molecule has 0 unspecified atom stereocenters. The summed E-state index contributed by atoms with van der Waals surface area (Å²) in [7, 11) is 0. The van der Waals surface area contributed by atoms with Crippen molar-refractivity contribution in [3.63, 3.8) is 0 Å². The number of carbonyl (C=O) groups is 1. The third-order valence-corrected chi connectivity index (χ3v) is 3.68. The summed E-state index contributed by atoms with van der Waals surface area (Å²) in [5.74, 6) is -0.0754. The molecule has 1 aromatic rings. The number of Topliss-reactive ketones (excluding diaryl/α,β-unsaturated/α-hetero) is 1. The van der Waals surface area contributed by atoms with Gasteiger partial charge in [-0.3, -0.25) is 19.8 Å². The van der Waals surface area contributed by atoms with E-state index in [0.717, 1.165) is 32.5 Å². The number of ketones is 1. The number of likely N-dealkylation sites (tertiary alicyclic amines) is 1. The second-order valence-electron chi connectivity index (χ2n) is 5.16. The molecule has 0 spiro atoms. The summed E-state index contributed by atoms with van der Waals surface area (Å²) in [6.07, 6.45) is 2.14. The predicted octanol–water partition coefficient (Wildman–Crippen LogP) is 2.28. The Bertz CT molecular complexity index is 510. The van der Waals surface area contributed by atoms with Gasteiger partial charge in [-0.05, 0) is 19.8 Å². The molecule has 0 radical (unpaired) electrons. The van der Waals surface area contributed by atoms with Crippen LogP contribution in [-0.4, -0.2) is 48.0 Å². The van der Waals surface area contributed by atoms with Crippen LogP contribution < -0.4 is 0 Å². The number of rotatable bonds is 6. The molecule has 1 aromatic carbocycles. The van der Waals surface area contributed by atoms with Crippen LogP contribution in [0.1, 0.15) is 30.1 Å². The van der Waals surface area contributed by atoms with E-state index in [0.29, 0.717) is 18.2 Å². The summed E-state index contributed by atoms with van der Waals surface area (Å²) in [6.45, 7) is 4.66. The van der Waals surface area contributed by atoms with Gasteiger partial charge in [-0.25, -0.2) is 0 Å². The summed E-state index contributed by atoms with van der Waals surface area (Å²) in [5, 5.41) is 10.7. The van der Waals surface area contributed by atoms with Crippen LogP contribution >= 0.6 is 0 Å². The van der Waals surface area contributed by atoms with Crippen LogP contribution in [0.3, 0.4) is 0 Å². The molecule has 2 rings (SSSR count). The maximum Gasteiger partial charge on any atom is 0.270 e. The van der Waals surface area contributed by atoms with Crippen molar-refractivity contribution < 1.29 is 14.5 Å². The topological polar surface area (TPSA) is 72.7 Å². The molecule has 0 aromatic heterocycles. The molecule has 0 bridgehead atoms. The largest absolute Gasteiger partial charge is 0.378 e. The lowest BCUT2D eigenvalue weighted by Crippen LogP contribution is -2.39. The maximum absolute atomic E-state index is 12.2. The number of nitrogens with zero attached hydrogens (tertiary/aromatic N) is 2. The smallest absolute Gasteiger partial charge is 0.270 e. The van der Waals surface area contributed by atoms with Crippen molar-refractivity contribution in [3.05, 3.63) is 39.9 Å². The average molecular weight is 292 g/mol. The Labute approximate surface area is 123 Å². The van der Waals surface area contributed by atoms with Crippen LogP contribution in [0.15, 0.2) is 24.3 Å². The molecule has 0 aliphatic carbocycles. The molecule has 1 aliphatic heterocycles. The molecule has 6 nitrogen and oxygen atoms in total. The van der Waals surface area contributed by atoms with Crippen LogP contribution in [0.25, 0.3) is 0 Å². The lowest BCUT2D eigenvalue weighted by atomic mass is 10.1. The molecular formula is C15H20N2O4. The average Bonchev–Trinajstić information content (AvgIpc) is 2.49. The molecule has 1 aliphatic rings. The number of piperidine rings is 1. The molecule has 0 N–H and O–H groups in total. The van der Waals surface area contributed by atoms with Crippen molar-refractivity contribution in [2.24, 2.45) is 0 Å². The van der Waals surface area contributed by atoms with Gasteiger partial charge in [0, 0.05) is 37.4 Å². The first-order chi connectivity index (χ1) is 10.1. The fourth-order valence-corrected chi connectivity index (χ4v) is 2.56. The Kier molecular flexibility index (Phi) is 5.41. The van der Waals surface area contributed by atoms with Crippen molar-refractivity contribution in [3.8, 4) is 0 Å². The van der Waals surface area contributed by atoms with Crippen molar-refractivity contribution in [2.45, 2.75) is 25.9 Å². The lowest BCUT2D eigenvalue weighted by Gasteiger charge is -2.31. The molecule has 1 saturated heterocycles. The van der Waals surface area contributed by atoms with Gasteiger partial charge in [-0.1, -0.05) is 12.1 Å². The first kappa shape index (κ1) is 15.6. The molecule has 0 amide bonds. The quantitative estimate of drug-likeness (QED) is 0.457. The number of nitro benzene ring substituents is 1. The normalized spacial score (nSPS) is 16.8. The van der Waals surface area contributed by atoms with Gasteiger partial charge in [0.2, 0.25) is 0 Å². The summed E-state index contributed by atoms with van der Waals surface area (Å²) >= 11 is 0. The predicted molar refractivity (Wildman–Crippen MR) is 78.5 cm³/mol. The van der Waals surface area contributed by atoms with Crippen molar-refractivity contribution in [2.75, 3.05) is 26.2 Å². The van der Waals surface area contributed by atoms with E-state index in [2.05, 4.69) is 4.90 Å². The van der Waals surface area contributed by atoms with Gasteiger partial charge in [0.15, 0.2) is 5.78 Å². The van der Waals surface area contributed by atoms with E-state index in [1.807, 2.05) is 6.92 Å². The molecule has 1 heterocycles. The minimum absolute atomic E-state index is 0.0455. The van der Waals surface area contributed by atoms with Gasteiger partial charge in [0.1, 0.15) is 0 Å². The van der Waals surface area contributed by atoms with E-state index in [4.69, 9.17) is 4.74 Å². The Morgan fingerprint density at radius 1 is 1.43 bits per heavy atom. The molecule has 0 saturated carbocycles. The number of hydrogen-bond donors (Lipinski definition) is 0. The van der Waals surface area contributed by atoms with Crippen molar-refractivity contribution in [1.29, 1.82) is 0 Å². The molecule has 1 fully saturated rings. The summed E-state index contributed by atoms with van der Waals surface area (Å²) in [4.78, 5) is 24.5. The fourth-order valence-electron chi connectivity index (χ4n) is 2.56.